The van der Waals surface area contributed by atoms with E-state index in [9.17, 15) is 0 Å². The highest BCUT2D eigenvalue weighted by atomic mass is 35.5. The van der Waals surface area contributed by atoms with E-state index < -0.39 is 83.4 Å². The Bertz CT molecular complexity index is 776. The average molecular weight is 752 g/mol. The molecule has 202 valence electrons. The fraction of sp³-hybridized carbons (Fsp3) is 0.714. The summed E-state index contributed by atoms with van der Waals surface area (Å²) >= 11 is 44.5. The van der Waals surface area contributed by atoms with Crippen LogP contribution in [0.15, 0.2) is 22.2 Å². The highest BCUT2D eigenvalue weighted by molar-refractivity contribution is 6.66. The lowest BCUT2D eigenvalue weighted by molar-refractivity contribution is 0.335. The standard InChI is InChI=1S/C10H5Cl7.C4H22O7Si7/c11-4-2-1-3-5(4)9(15)7(13)6(12)8(3,14)10(9,16)17;1-2-3-4-18-10-16-8-14-6-12-5-13-7-15-9-17-11-18/h1-5H;18H,2-4,12-17H2,1H3. The summed E-state index contributed by atoms with van der Waals surface area (Å²) in [7, 11) is -6.82. The smallest absolute Gasteiger partial charge is 0.303 e. The molecule has 1 heterocycles. The Kier molecular flexibility index (Phi) is 13.4. The van der Waals surface area contributed by atoms with Crippen LogP contribution in [-0.2, 0) is 28.8 Å². The molecule has 0 aromatic carbocycles. The highest BCUT2D eigenvalue weighted by Crippen LogP contribution is 2.78. The van der Waals surface area contributed by atoms with Crippen LogP contribution in [0.1, 0.15) is 19.8 Å². The Morgan fingerprint density at radius 1 is 0.800 bits per heavy atom. The zero-order valence-electron chi connectivity index (χ0n) is 18.8. The van der Waals surface area contributed by atoms with Gasteiger partial charge in [0.1, 0.15) is 9.75 Å². The summed E-state index contributed by atoms with van der Waals surface area (Å²) in [5, 5.41) is 0.113. The van der Waals surface area contributed by atoms with Crippen LogP contribution in [0.25, 0.3) is 0 Å². The van der Waals surface area contributed by atoms with Crippen LogP contribution in [0.4, 0.5) is 0 Å². The van der Waals surface area contributed by atoms with Gasteiger partial charge in [-0.3, -0.25) is 0 Å². The number of alkyl halides is 5. The number of fused-ring (bicyclic) bond motifs is 5. The molecule has 4 rings (SSSR count). The Balaban J connectivity index is 0.000000196. The molecular weight excluding hydrogens is 725 g/mol. The van der Waals surface area contributed by atoms with Crippen LogP contribution < -0.4 is 0 Å². The van der Waals surface area contributed by atoms with Gasteiger partial charge in [-0.05, 0) is 6.04 Å². The lowest BCUT2D eigenvalue weighted by Gasteiger charge is -2.34. The van der Waals surface area contributed by atoms with E-state index in [4.69, 9.17) is 110 Å². The van der Waals surface area contributed by atoms with Crippen molar-refractivity contribution in [3.63, 3.8) is 0 Å². The number of hydrogen-bond acceptors (Lipinski definition) is 7. The van der Waals surface area contributed by atoms with E-state index in [1.165, 1.54) is 6.42 Å². The molecule has 1 saturated carbocycles. The summed E-state index contributed by atoms with van der Waals surface area (Å²) < 4.78 is 37.2. The van der Waals surface area contributed by atoms with Gasteiger partial charge in [-0.1, -0.05) is 78.3 Å². The summed E-state index contributed by atoms with van der Waals surface area (Å²) in [6.07, 6.45) is 6.03. The largest absolute Gasteiger partial charge is 0.425 e. The number of allylic oxidation sites excluding steroid dienone is 4. The second-order valence-electron chi connectivity index (χ2n) is 8.14. The molecule has 3 aliphatic carbocycles. The second kappa shape index (κ2) is 14.6. The molecule has 21 heteroatoms. The predicted molar refractivity (Wildman–Crippen MR) is 162 cm³/mol. The molecule has 4 aliphatic rings. The quantitative estimate of drug-likeness (QED) is 0.235. The van der Waals surface area contributed by atoms with E-state index in [1.807, 2.05) is 12.2 Å². The zero-order chi connectivity index (χ0) is 25.7. The minimum atomic E-state index is -1.53. The molecule has 0 amide bonds. The Morgan fingerprint density at radius 3 is 1.80 bits per heavy atom. The van der Waals surface area contributed by atoms with Gasteiger partial charge in [0.15, 0.2) is 4.33 Å². The monoisotopic (exact) mass is 748 g/mol. The molecule has 1 saturated heterocycles. The molecule has 2 fully saturated rings. The van der Waals surface area contributed by atoms with Crippen LogP contribution in [-0.4, -0.2) is 88.8 Å². The van der Waals surface area contributed by atoms with Gasteiger partial charge in [0.2, 0.25) is 0 Å². The molecule has 7 nitrogen and oxygen atoms in total. The Morgan fingerprint density at radius 2 is 1.29 bits per heavy atom. The first-order valence-corrected chi connectivity index (χ1v) is 22.3. The molecule has 0 aromatic heterocycles. The summed E-state index contributed by atoms with van der Waals surface area (Å²) in [6.45, 7) is 2.18. The van der Waals surface area contributed by atoms with Crippen molar-refractivity contribution >= 4 is 151 Å². The molecular formula is C14H27Cl7O7Si7. The van der Waals surface area contributed by atoms with Gasteiger partial charge in [0, 0.05) is 11.8 Å². The lowest BCUT2D eigenvalue weighted by Crippen LogP contribution is -2.45. The molecule has 0 spiro atoms. The van der Waals surface area contributed by atoms with E-state index in [1.54, 1.807) is 0 Å². The van der Waals surface area contributed by atoms with Gasteiger partial charge < -0.3 is 28.8 Å². The second-order valence-corrected chi connectivity index (χ2v) is 25.6. The molecule has 0 aromatic rings. The normalized spacial score (nSPS) is 43.8. The van der Waals surface area contributed by atoms with Gasteiger partial charge in [-0.25, -0.2) is 0 Å². The van der Waals surface area contributed by atoms with E-state index in [-0.39, 0.29) is 27.3 Å². The van der Waals surface area contributed by atoms with Crippen molar-refractivity contribution in [3.8, 4) is 0 Å². The highest BCUT2D eigenvalue weighted by Gasteiger charge is 2.83. The fourth-order valence-corrected chi connectivity index (χ4v) is 22.4. The summed E-state index contributed by atoms with van der Waals surface area (Å²) in [6, 6.07) is 1.06. The van der Waals surface area contributed by atoms with Crippen LogP contribution in [0.5, 0.6) is 0 Å². The van der Waals surface area contributed by atoms with Crippen molar-refractivity contribution in [3.05, 3.63) is 22.2 Å². The Hall–Kier alpha value is 2.75. The Labute approximate surface area is 256 Å². The van der Waals surface area contributed by atoms with Crippen molar-refractivity contribution in [1.82, 2.24) is 0 Å². The maximum atomic E-state index is 6.57. The molecule has 5 unspecified atom stereocenters. The molecule has 1 aliphatic heterocycles. The van der Waals surface area contributed by atoms with E-state index in [0.717, 1.165) is 12.5 Å². The van der Waals surface area contributed by atoms with Gasteiger partial charge in [0.25, 0.3) is 60.0 Å². The summed E-state index contributed by atoms with van der Waals surface area (Å²) in [5.41, 5.74) is 0. The first-order valence-electron chi connectivity index (χ1n) is 10.9. The van der Waals surface area contributed by atoms with E-state index >= 15 is 0 Å². The average Bonchev–Trinajstić information content (AvgIpc) is 3.32. The maximum absolute atomic E-state index is 6.57. The summed E-state index contributed by atoms with van der Waals surface area (Å²) in [4.78, 5) is -2.45. The molecule has 2 bridgehead atoms. The van der Waals surface area contributed by atoms with E-state index in [0.29, 0.717) is 0 Å². The number of halogens is 7. The van der Waals surface area contributed by atoms with Gasteiger partial charge in [0.05, 0.1) is 15.4 Å². The topological polar surface area (TPSA) is 64.6 Å². The van der Waals surface area contributed by atoms with Crippen molar-refractivity contribution in [1.29, 1.82) is 0 Å². The van der Waals surface area contributed by atoms with Crippen molar-refractivity contribution in [2.45, 2.75) is 45.3 Å². The van der Waals surface area contributed by atoms with Crippen molar-refractivity contribution in [2.24, 2.45) is 11.8 Å². The molecule has 35 heavy (non-hydrogen) atoms. The first kappa shape index (κ1) is 32.3. The molecule has 0 radical (unpaired) electrons. The van der Waals surface area contributed by atoms with E-state index in [2.05, 4.69) is 6.92 Å². The first-order chi connectivity index (χ1) is 16.6. The third-order valence-corrected chi connectivity index (χ3v) is 22.3. The van der Waals surface area contributed by atoms with Gasteiger partial charge >= 0.3 is 9.28 Å². The van der Waals surface area contributed by atoms with Crippen LogP contribution in [0, 0.1) is 11.8 Å². The van der Waals surface area contributed by atoms with Crippen molar-refractivity contribution in [2.75, 3.05) is 0 Å². The van der Waals surface area contributed by atoms with Crippen molar-refractivity contribution < 1.29 is 28.8 Å². The fourth-order valence-electron chi connectivity index (χ4n) is 4.32. The number of unbranched alkanes of at least 4 members (excludes halogenated alkanes) is 1. The lowest BCUT2D eigenvalue weighted by atomic mass is 9.84. The third kappa shape index (κ3) is 6.64. The minimum absolute atomic E-state index is 0.205. The van der Waals surface area contributed by atoms with Gasteiger partial charge in [-0.2, -0.15) is 0 Å². The SMILES string of the molecule is CCCC[SiH]1O[SiH2]O[SiH2]O[SiH2]O[SiH2]O[SiH2]O[SiH2]O1.ClC1=C(Cl)C2(Cl)C3C(Cl)C=CC3C1(Cl)C2(Cl)Cl. The molecule has 0 N–H and O–H groups in total. The van der Waals surface area contributed by atoms with Crippen LogP contribution >= 0.6 is 81.2 Å². The molecule has 5 atom stereocenters. The minimum Gasteiger partial charge on any atom is -0.425 e. The number of hydrogen-bond donors (Lipinski definition) is 0. The zero-order valence-corrected chi connectivity index (χ0v) is 33.8. The number of rotatable bonds is 3. The predicted octanol–water partition coefficient (Wildman–Crippen LogP) is 0.371. The van der Waals surface area contributed by atoms with Crippen LogP contribution in [0.2, 0.25) is 6.04 Å². The summed E-state index contributed by atoms with van der Waals surface area (Å²) in [5.74, 6) is -0.470. The maximum Gasteiger partial charge on any atom is 0.303 e. The van der Waals surface area contributed by atoms with Gasteiger partial charge in [-0.15, -0.1) is 34.8 Å². The van der Waals surface area contributed by atoms with Crippen LogP contribution in [0.3, 0.4) is 0 Å². The third-order valence-electron chi connectivity index (χ3n) is 6.03.